The molecule has 0 N–H and O–H groups in total. The molecule has 0 radical (unpaired) electrons. The molecule has 0 bridgehead atoms. The number of aryl methyl sites for hydroxylation is 2. The van der Waals surface area contributed by atoms with Gasteiger partial charge in [-0.25, -0.2) is 0 Å². The molecule has 0 saturated heterocycles. The van der Waals surface area contributed by atoms with E-state index in [0.717, 1.165) is 18.8 Å². The Bertz CT molecular complexity index is 1040. The van der Waals surface area contributed by atoms with Crippen molar-refractivity contribution in [1.29, 1.82) is 0 Å². The molecular formula is C34H48. The number of hydrogen-bond donors (Lipinski definition) is 0. The summed E-state index contributed by atoms with van der Waals surface area (Å²) in [5, 5.41) is 0. The summed E-state index contributed by atoms with van der Waals surface area (Å²) in [6, 6.07) is 11.1. The van der Waals surface area contributed by atoms with Crippen LogP contribution in [0.25, 0.3) is 11.1 Å². The summed E-state index contributed by atoms with van der Waals surface area (Å²) in [5.41, 5.74) is 14.2. The Morgan fingerprint density at radius 3 is 2.24 bits per heavy atom. The van der Waals surface area contributed by atoms with E-state index in [4.69, 9.17) is 0 Å². The first-order chi connectivity index (χ1) is 15.9. The molecule has 0 nitrogen and oxygen atoms in total. The van der Waals surface area contributed by atoms with Crippen LogP contribution < -0.4 is 0 Å². The molecule has 0 heterocycles. The quantitative estimate of drug-likeness (QED) is 0.333. The molecule has 1 aliphatic carbocycles. The van der Waals surface area contributed by atoms with Crippen molar-refractivity contribution < 1.29 is 0 Å². The molecule has 3 rings (SSSR count). The van der Waals surface area contributed by atoms with Crippen molar-refractivity contribution in [3.63, 3.8) is 0 Å². The Morgan fingerprint density at radius 2 is 1.65 bits per heavy atom. The number of hydrogen-bond acceptors (Lipinski definition) is 0. The van der Waals surface area contributed by atoms with E-state index in [1.807, 2.05) is 0 Å². The minimum Gasteiger partial charge on any atom is -0.0909 e. The standard InChI is InChI=1S/C33H44.CH4/c1-8-14-26(15-9-2)18-19-31-29(11-4)24(6)20-32-25(7)28(22-33(31)32)21-27(10-3)30-17-13-12-16-23(30)5;/h10,12-13,16-17,20-21,26H,7-9,11,14-15,18-19,22H2,1-6H3;1H4/b27-10-,28-21+;. The second-order valence-electron chi connectivity index (χ2n) is 9.90. The van der Waals surface area contributed by atoms with Gasteiger partial charge in [0.25, 0.3) is 0 Å². The molecule has 0 amide bonds. The molecule has 34 heavy (non-hydrogen) atoms. The Hall–Kier alpha value is -2.34. The summed E-state index contributed by atoms with van der Waals surface area (Å²) in [6.45, 7) is 18.2. The molecule has 0 aromatic heterocycles. The summed E-state index contributed by atoms with van der Waals surface area (Å²) in [5.74, 6) is 0.858. The molecule has 0 atom stereocenters. The summed E-state index contributed by atoms with van der Waals surface area (Å²) in [6.07, 6.45) is 14.6. The molecule has 0 saturated carbocycles. The Morgan fingerprint density at radius 1 is 0.971 bits per heavy atom. The normalized spacial score (nSPS) is 14.6. The maximum Gasteiger partial charge on any atom is -0.00106 e. The fourth-order valence-corrected chi connectivity index (χ4v) is 5.85. The Balaban J connectivity index is 0.00000408. The topological polar surface area (TPSA) is 0 Å². The van der Waals surface area contributed by atoms with Gasteiger partial charge in [0.1, 0.15) is 0 Å². The van der Waals surface area contributed by atoms with E-state index in [9.17, 15) is 0 Å². The predicted molar refractivity (Wildman–Crippen MR) is 155 cm³/mol. The van der Waals surface area contributed by atoms with E-state index in [-0.39, 0.29) is 7.43 Å². The largest absolute Gasteiger partial charge is 0.0909 e. The van der Waals surface area contributed by atoms with Crippen molar-refractivity contribution in [2.24, 2.45) is 5.92 Å². The van der Waals surface area contributed by atoms with Crippen LogP contribution in [0.5, 0.6) is 0 Å². The van der Waals surface area contributed by atoms with Crippen molar-refractivity contribution >= 4 is 11.1 Å². The first kappa shape index (κ1) is 27.9. The summed E-state index contributed by atoms with van der Waals surface area (Å²) < 4.78 is 0. The van der Waals surface area contributed by atoms with E-state index in [2.05, 4.69) is 90.6 Å². The molecule has 0 fully saturated rings. The van der Waals surface area contributed by atoms with Gasteiger partial charge in [-0.1, -0.05) is 103 Å². The summed E-state index contributed by atoms with van der Waals surface area (Å²) in [7, 11) is 0. The van der Waals surface area contributed by atoms with Crippen LogP contribution in [-0.4, -0.2) is 0 Å². The van der Waals surface area contributed by atoms with Crippen LogP contribution in [0.4, 0.5) is 0 Å². The maximum absolute atomic E-state index is 4.58. The lowest BCUT2D eigenvalue weighted by atomic mass is 9.85. The van der Waals surface area contributed by atoms with Crippen LogP contribution in [0.3, 0.4) is 0 Å². The zero-order valence-corrected chi connectivity index (χ0v) is 22.0. The molecule has 184 valence electrons. The zero-order chi connectivity index (χ0) is 24.0. The molecule has 0 aliphatic heterocycles. The van der Waals surface area contributed by atoms with Crippen LogP contribution in [0.2, 0.25) is 0 Å². The third kappa shape index (κ3) is 6.01. The lowest BCUT2D eigenvalue weighted by Gasteiger charge is -2.20. The van der Waals surface area contributed by atoms with E-state index in [1.54, 1.807) is 16.7 Å². The van der Waals surface area contributed by atoms with Gasteiger partial charge in [0, 0.05) is 0 Å². The number of fused-ring (bicyclic) bond motifs is 1. The SMILES string of the molecule is C.C=C1/C(=C/C(=C/C)c2ccccc2C)Cc2c1cc(C)c(CC)c2CCC(CCC)CCC. The minimum absolute atomic E-state index is 0. The van der Waals surface area contributed by atoms with Gasteiger partial charge in [-0.2, -0.15) is 0 Å². The van der Waals surface area contributed by atoms with E-state index in [1.165, 1.54) is 77.5 Å². The Kier molecular flexibility index (Phi) is 10.6. The molecule has 0 spiro atoms. The van der Waals surface area contributed by atoms with Crippen molar-refractivity contribution in [2.45, 2.75) is 100 Å². The highest BCUT2D eigenvalue weighted by molar-refractivity contribution is 5.90. The monoisotopic (exact) mass is 456 g/mol. The van der Waals surface area contributed by atoms with E-state index < -0.39 is 0 Å². The highest BCUT2D eigenvalue weighted by Gasteiger charge is 2.26. The minimum atomic E-state index is 0. The molecular weight excluding hydrogens is 408 g/mol. The van der Waals surface area contributed by atoms with Gasteiger partial charge in [-0.3, -0.25) is 0 Å². The maximum atomic E-state index is 4.58. The smallest absolute Gasteiger partial charge is 0.00106 e. The van der Waals surface area contributed by atoms with Gasteiger partial charge in [-0.15, -0.1) is 0 Å². The van der Waals surface area contributed by atoms with Crippen LogP contribution in [0.1, 0.15) is 106 Å². The molecule has 2 aromatic carbocycles. The van der Waals surface area contributed by atoms with E-state index in [0.29, 0.717) is 0 Å². The fraction of sp³-hybridized carbons (Fsp3) is 0.471. The van der Waals surface area contributed by atoms with Crippen molar-refractivity contribution in [2.75, 3.05) is 0 Å². The van der Waals surface area contributed by atoms with Gasteiger partial charge in [-0.05, 0) is 108 Å². The first-order valence-corrected chi connectivity index (χ1v) is 13.2. The second kappa shape index (κ2) is 12.9. The van der Waals surface area contributed by atoms with Gasteiger partial charge < -0.3 is 0 Å². The highest BCUT2D eigenvalue weighted by Crippen LogP contribution is 2.42. The van der Waals surface area contributed by atoms with Crippen LogP contribution >= 0.6 is 0 Å². The highest BCUT2D eigenvalue weighted by atomic mass is 14.3. The average molecular weight is 457 g/mol. The van der Waals surface area contributed by atoms with Gasteiger partial charge in [0.05, 0.1) is 0 Å². The predicted octanol–water partition coefficient (Wildman–Crippen LogP) is 10.3. The molecule has 0 unspecified atom stereocenters. The lowest BCUT2D eigenvalue weighted by molar-refractivity contribution is 0.410. The molecule has 2 aromatic rings. The molecule has 1 aliphatic rings. The number of rotatable bonds is 10. The Labute approximate surface area is 210 Å². The van der Waals surface area contributed by atoms with Gasteiger partial charge in [0.15, 0.2) is 0 Å². The second-order valence-corrected chi connectivity index (χ2v) is 9.90. The lowest BCUT2D eigenvalue weighted by Crippen LogP contribution is -2.07. The van der Waals surface area contributed by atoms with E-state index >= 15 is 0 Å². The van der Waals surface area contributed by atoms with Crippen LogP contribution in [-0.2, 0) is 19.3 Å². The van der Waals surface area contributed by atoms with Crippen LogP contribution in [0, 0.1) is 19.8 Å². The van der Waals surface area contributed by atoms with Gasteiger partial charge >= 0.3 is 0 Å². The molecule has 0 heteroatoms. The summed E-state index contributed by atoms with van der Waals surface area (Å²) >= 11 is 0. The average Bonchev–Trinajstić information content (AvgIpc) is 3.11. The third-order valence-corrected chi connectivity index (χ3v) is 7.62. The van der Waals surface area contributed by atoms with Crippen molar-refractivity contribution in [1.82, 2.24) is 0 Å². The van der Waals surface area contributed by atoms with Crippen molar-refractivity contribution in [3.8, 4) is 0 Å². The first-order valence-electron chi connectivity index (χ1n) is 13.2. The number of benzene rings is 2. The van der Waals surface area contributed by atoms with Crippen molar-refractivity contribution in [3.05, 3.63) is 93.6 Å². The number of allylic oxidation sites excluding steroid dienone is 5. The third-order valence-electron chi connectivity index (χ3n) is 7.62. The van der Waals surface area contributed by atoms with Crippen LogP contribution in [0.15, 0.2) is 54.6 Å². The summed E-state index contributed by atoms with van der Waals surface area (Å²) in [4.78, 5) is 0. The zero-order valence-electron chi connectivity index (χ0n) is 22.0. The fourth-order valence-electron chi connectivity index (χ4n) is 5.85. The van der Waals surface area contributed by atoms with Gasteiger partial charge in [0.2, 0.25) is 0 Å².